The molecule has 24 heavy (non-hydrogen) atoms. The Balaban J connectivity index is 2.16. The number of benzene rings is 1. The van der Waals surface area contributed by atoms with Crippen LogP contribution in [0, 0.1) is 23.0 Å². The summed E-state index contributed by atoms with van der Waals surface area (Å²) in [5.41, 5.74) is -0.167. The van der Waals surface area contributed by atoms with Crippen LogP contribution < -0.4 is 0 Å². The van der Waals surface area contributed by atoms with E-state index in [2.05, 4.69) is 4.98 Å². The minimum atomic E-state index is -1.46. The molecule has 0 bridgehead atoms. The molecular formula is C16H9F2N3O3. The van der Waals surface area contributed by atoms with Crippen molar-refractivity contribution in [2.24, 2.45) is 0 Å². The molecule has 3 rings (SSSR count). The number of halogens is 2. The van der Waals surface area contributed by atoms with E-state index in [-0.39, 0.29) is 23.1 Å². The van der Waals surface area contributed by atoms with Crippen molar-refractivity contribution in [3.05, 3.63) is 59.0 Å². The number of carboxylic acid groups (broad SMARTS) is 1. The fourth-order valence-corrected chi connectivity index (χ4v) is 2.47. The molecule has 2 N–H and O–H groups in total. The molecule has 0 aliphatic rings. The van der Waals surface area contributed by atoms with E-state index in [4.69, 9.17) is 5.11 Å². The zero-order chi connectivity index (χ0) is 17.4. The van der Waals surface area contributed by atoms with Gasteiger partial charge in [-0.25, -0.2) is 18.6 Å². The Hall–Kier alpha value is -3.47. The van der Waals surface area contributed by atoms with Crippen LogP contribution in [0.4, 0.5) is 8.78 Å². The SMILES string of the molecule is N#Cc1nc(C(=O)O)c(O)c2ccn(Cc3ccc(F)c(F)c3)c12. The van der Waals surface area contributed by atoms with Gasteiger partial charge in [-0.1, -0.05) is 6.07 Å². The van der Waals surface area contributed by atoms with Gasteiger partial charge in [0.2, 0.25) is 0 Å². The van der Waals surface area contributed by atoms with Gasteiger partial charge in [-0.05, 0) is 23.8 Å². The summed E-state index contributed by atoms with van der Waals surface area (Å²) >= 11 is 0. The Bertz CT molecular complexity index is 1020. The van der Waals surface area contributed by atoms with Crippen LogP contribution in [-0.4, -0.2) is 25.7 Å². The Kier molecular flexibility index (Phi) is 3.62. The van der Waals surface area contributed by atoms with Crippen molar-refractivity contribution in [2.45, 2.75) is 6.54 Å². The molecule has 2 heterocycles. The number of hydrogen-bond acceptors (Lipinski definition) is 4. The van der Waals surface area contributed by atoms with Gasteiger partial charge < -0.3 is 14.8 Å². The summed E-state index contributed by atoms with van der Waals surface area (Å²) in [5.74, 6) is -3.99. The van der Waals surface area contributed by atoms with Crippen LogP contribution in [0.3, 0.4) is 0 Å². The second-order valence-corrected chi connectivity index (χ2v) is 5.03. The first-order valence-electron chi connectivity index (χ1n) is 6.71. The standard InChI is InChI=1S/C16H9F2N3O3/c17-10-2-1-8(5-11(10)18)7-21-4-3-9-14(21)12(6-19)20-13(15(9)22)16(23)24/h1-5,22H,7H2,(H,23,24). The molecular weight excluding hydrogens is 320 g/mol. The lowest BCUT2D eigenvalue weighted by molar-refractivity contribution is 0.0687. The third-order valence-corrected chi connectivity index (χ3v) is 3.54. The van der Waals surface area contributed by atoms with Crippen LogP contribution in [0.1, 0.15) is 21.7 Å². The van der Waals surface area contributed by atoms with E-state index in [0.29, 0.717) is 5.56 Å². The maximum atomic E-state index is 13.3. The largest absolute Gasteiger partial charge is 0.505 e. The maximum absolute atomic E-state index is 13.3. The number of aromatic carboxylic acids is 1. The highest BCUT2D eigenvalue weighted by Crippen LogP contribution is 2.31. The van der Waals surface area contributed by atoms with Crippen LogP contribution in [-0.2, 0) is 6.54 Å². The van der Waals surface area contributed by atoms with Crippen molar-refractivity contribution >= 4 is 16.9 Å². The van der Waals surface area contributed by atoms with Gasteiger partial charge in [-0.15, -0.1) is 0 Å². The van der Waals surface area contributed by atoms with Gasteiger partial charge in [-0.2, -0.15) is 5.26 Å². The lowest BCUT2D eigenvalue weighted by Crippen LogP contribution is -2.06. The Morgan fingerprint density at radius 2 is 2.04 bits per heavy atom. The Morgan fingerprint density at radius 1 is 1.29 bits per heavy atom. The molecule has 0 amide bonds. The van der Waals surface area contributed by atoms with E-state index in [1.807, 2.05) is 0 Å². The van der Waals surface area contributed by atoms with Crippen molar-refractivity contribution in [2.75, 3.05) is 0 Å². The summed E-state index contributed by atoms with van der Waals surface area (Å²) in [7, 11) is 0. The van der Waals surface area contributed by atoms with Crippen LogP contribution in [0.5, 0.6) is 5.75 Å². The van der Waals surface area contributed by atoms with E-state index in [0.717, 1.165) is 12.1 Å². The van der Waals surface area contributed by atoms with E-state index in [1.54, 1.807) is 6.07 Å². The molecule has 0 saturated carbocycles. The summed E-state index contributed by atoms with van der Waals surface area (Å²) < 4.78 is 27.8. The fourth-order valence-electron chi connectivity index (χ4n) is 2.47. The molecule has 0 fully saturated rings. The van der Waals surface area contributed by atoms with Crippen LogP contribution in [0.15, 0.2) is 30.5 Å². The Labute approximate surface area is 133 Å². The third-order valence-electron chi connectivity index (χ3n) is 3.54. The summed E-state index contributed by atoms with van der Waals surface area (Å²) in [4.78, 5) is 14.7. The number of hydrogen-bond donors (Lipinski definition) is 2. The number of fused-ring (bicyclic) bond motifs is 1. The zero-order valence-electron chi connectivity index (χ0n) is 12.0. The highest BCUT2D eigenvalue weighted by atomic mass is 19.2. The van der Waals surface area contributed by atoms with E-state index in [9.17, 15) is 23.9 Å². The zero-order valence-corrected chi connectivity index (χ0v) is 12.0. The van der Waals surface area contributed by atoms with E-state index in [1.165, 1.54) is 22.9 Å². The molecule has 3 aromatic rings. The molecule has 0 spiro atoms. The highest BCUT2D eigenvalue weighted by Gasteiger charge is 2.21. The summed E-state index contributed by atoms with van der Waals surface area (Å²) in [6.45, 7) is 0.0862. The number of rotatable bonds is 3. The summed E-state index contributed by atoms with van der Waals surface area (Å²) in [6, 6.07) is 6.60. The number of pyridine rings is 1. The monoisotopic (exact) mass is 329 g/mol. The van der Waals surface area contributed by atoms with Gasteiger partial charge in [0.1, 0.15) is 6.07 Å². The third kappa shape index (κ3) is 2.42. The number of carboxylic acids is 1. The summed E-state index contributed by atoms with van der Waals surface area (Å²) in [5, 5.41) is 28.4. The molecule has 0 unspecified atom stereocenters. The van der Waals surface area contributed by atoms with E-state index >= 15 is 0 Å². The maximum Gasteiger partial charge on any atom is 0.358 e. The molecule has 1 aromatic carbocycles. The van der Waals surface area contributed by atoms with Gasteiger partial charge in [0.25, 0.3) is 0 Å². The topological polar surface area (TPSA) is 99.1 Å². The van der Waals surface area contributed by atoms with Crippen molar-refractivity contribution in [1.82, 2.24) is 9.55 Å². The second-order valence-electron chi connectivity index (χ2n) is 5.03. The average molecular weight is 329 g/mol. The highest BCUT2D eigenvalue weighted by molar-refractivity contribution is 5.99. The van der Waals surface area contributed by atoms with Crippen LogP contribution in [0.25, 0.3) is 10.9 Å². The number of nitriles is 1. The second kappa shape index (κ2) is 5.62. The summed E-state index contributed by atoms with van der Waals surface area (Å²) in [6.07, 6.45) is 1.50. The fraction of sp³-hybridized carbons (Fsp3) is 0.0625. The number of carbonyl (C=O) groups is 1. The first kappa shape index (κ1) is 15.4. The van der Waals surface area contributed by atoms with Gasteiger partial charge in [0.15, 0.2) is 28.8 Å². The van der Waals surface area contributed by atoms with Gasteiger partial charge in [-0.3, -0.25) is 0 Å². The molecule has 0 saturated heterocycles. The van der Waals surface area contributed by atoms with Crippen molar-refractivity contribution in [3.8, 4) is 11.8 Å². The normalized spacial score (nSPS) is 10.7. The minimum absolute atomic E-state index is 0.0862. The molecule has 0 atom stereocenters. The molecule has 120 valence electrons. The van der Waals surface area contributed by atoms with Gasteiger partial charge >= 0.3 is 5.97 Å². The predicted molar refractivity (Wildman–Crippen MR) is 78.5 cm³/mol. The number of nitrogens with zero attached hydrogens (tertiary/aromatic N) is 3. The first-order chi connectivity index (χ1) is 11.4. The molecule has 0 radical (unpaired) electrons. The number of aromatic nitrogens is 2. The van der Waals surface area contributed by atoms with Crippen LogP contribution >= 0.6 is 0 Å². The van der Waals surface area contributed by atoms with Gasteiger partial charge in [0.05, 0.1) is 5.52 Å². The molecule has 0 aliphatic carbocycles. The first-order valence-corrected chi connectivity index (χ1v) is 6.71. The van der Waals surface area contributed by atoms with Crippen molar-refractivity contribution in [1.29, 1.82) is 5.26 Å². The quantitative estimate of drug-likeness (QED) is 0.769. The average Bonchev–Trinajstić information content (AvgIpc) is 2.96. The predicted octanol–water partition coefficient (Wildman–Crippen LogP) is 2.64. The minimum Gasteiger partial charge on any atom is -0.505 e. The lowest BCUT2D eigenvalue weighted by Gasteiger charge is -2.08. The molecule has 0 aliphatic heterocycles. The lowest BCUT2D eigenvalue weighted by atomic mass is 10.2. The molecule has 2 aromatic heterocycles. The van der Waals surface area contributed by atoms with E-state index < -0.39 is 29.0 Å². The van der Waals surface area contributed by atoms with Crippen molar-refractivity contribution < 1.29 is 23.8 Å². The number of aromatic hydroxyl groups is 1. The van der Waals surface area contributed by atoms with Gasteiger partial charge in [0, 0.05) is 18.1 Å². The van der Waals surface area contributed by atoms with Crippen LogP contribution in [0.2, 0.25) is 0 Å². The molecule has 6 nitrogen and oxygen atoms in total. The Morgan fingerprint density at radius 3 is 2.67 bits per heavy atom. The molecule has 8 heteroatoms. The van der Waals surface area contributed by atoms with Crippen molar-refractivity contribution in [3.63, 3.8) is 0 Å². The smallest absolute Gasteiger partial charge is 0.358 e.